The van der Waals surface area contributed by atoms with E-state index in [9.17, 15) is 5.11 Å². The van der Waals surface area contributed by atoms with Crippen LogP contribution in [0.15, 0.2) is 17.1 Å². The zero-order valence-corrected chi connectivity index (χ0v) is 16.6. The van der Waals surface area contributed by atoms with Crippen molar-refractivity contribution in [3.05, 3.63) is 28.8 Å². The maximum Gasteiger partial charge on any atom is 0.128 e. The molecule has 0 heterocycles. The quantitative estimate of drug-likeness (QED) is 0.665. The first-order valence-electron chi connectivity index (χ1n) is 9.41. The van der Waals surface area contributed by atoms with Gasteiger partial charge in [0.1, 0.15) is 5.75 Å². The third kappa shape index (κ3) is 4.40. The summed E-state index contributed by atoms with van der Waals surface area (Å²) in [4.78, 5) is 4.86. The zero-order valence-electron chi connectivity index (χ0n) is 16.6. The molecule has 0 aliphatic heterocycles. The van der Waals surface area contributed by atoms with Gasteiger partial charge in [0, 0.05) is 17.3 Å². The Morgan fingerprint density at radius 3 is 2.17 bits per heavy atom. The van der Waals surface area contributed by atoms with E-state index in [-0.39, 0.29) is 10.8 Å². The maximum absolute atomic E-state index is 10.8. The smallest absolute Gasteiger partial charge is 0.128 e. The van der Waals surface area contributed by atoms with E-state index in [1.807, 2.05) is 6.21 Å². The first kappa shape index (κ1) is 19.0. The van der Waals surface area contributed by atoms with Gasteiger partial charge in [-0.3, -0.25) is 4.99 Å². The predicted octanol–water partition coefficient (Wildman–Crippen LogP) is 5.98. The highest BCUT2D eigenvalue weighted by molar-refractivity contribution is 5.85. The van der Waals surface area contributed by atoms with E-state index in [2.05, 4.69) is 60.6 Å². The second-order valence-electron chi connectivity index (χ2n) is 9.57. The molecular formula is C22H35NO. The highest BCUT2D eigenvalue weighted by Gasteiger charge is 2.25. The molecule has 1 aromatic rings. The van der Waals surface area contributed by atoms with Crippen LogP contribution in [-0.2, 0) is 10.8 Å². The fourth-order valence-corrected chi connectivity index (χ4v) is 3.45. The fourth-order valence-electron chi connectivity index (χ4n) is 3.45. The Morgan fingerprint density at radius 1 is 1.00 bits per heavy atom. The van der Waals surface area contributed by atoms with E-state index in [0.717, 1.165) is 11.1 Å². The molecule has 134 valence electrons. The number of phenolic OH excluding ortho intramolecular Hbond substituents is 1. The van der Waals surface area contributed by atoms with Gasteiger partial charge in [0.05, 0.1) is 6.04 Å². The first-order chi connectivity index (χ1) is 11.0. The van der Waals surface area contributed by atoms with Crippen molar-refractivity contribution in [1.29, 1.82) is 0 Å². The summed E-state index contributed by atoms with van der Waals surface area (Å²) in [6, 6.07) is 4.67. The molecule has 2 nitrogen and oxygen atoms in total. The summed E-state index contributed by atoms with van der Waals surface area (Å²) in [7, 11) is 0. The normalized spacial score (nSPS) is 23.0. The molecule has 1 fully saturated rings. The summed E-state index contributed by atoms with van der Waals surface area (Å²) in [6.45, 7) is 15.4. The van der Waals surface area contributed by atoms with E-state index in [1.54, 1.807) is 0 Å². The first-order valence-corrected chi connectivity index (χ1v) is 9.41. The van der Waals surface area contributed by atoms with Gasteiger partial charge >= 0.3 is 0 Å². The van der Waals surface area contributed by atoms with Crippen molar-refractivity contribution in [2.24, 2.45) is 10.9 Å². The lowest BCUT2D eigenvalue weighted by molar-refractivity contribution is 0.333. The Hall–Kier alpha value is -1.31. The molecule has 0 spiro atoms. The molecule has 0 bridgehead atoms. The molecule has 2 heteroatoms. The molecule has 1 saturated carbocycles. The lowest BCUT2D eigenvalue weighted by Crippen LogP contribution is -2.21. The predicted molar refractivity (Wildman–Crippen MR) is 105 cm³/mol. The van der Waals surface area contributed by atoms with Crippen LogP contribution in [0.5, 0.6) is 5.75 Å². The number of aliphatic imine (C=N–C) groups is 1. The molecule has 24 heavy (non-hydrogen) atoms. The molecule has 0 saturated heterocycles. The van der Waals surface area contributed by atoms with E-state index in [4.69, 9.17) is 4.99 Å². The molecule has 1 aromatic carbocycles. The van der Waals surface area contributed by atoms with Gasteiger partial charge in [0.15, 0.2) is 0 Å². The fraction of sp³-hybridized carbons (Fsp3) is 0.682. The van der Waals surface area contributed by atoms with Crippen LogP contribution in [0.1, 0.15) is 90.8 Å². The van der Waals surface area contributed by atoms with Crippen LogP contribution in [-0.4, -0.2) is 17.4 Å². The SMILES string of the molecule is CC1CCCCC1/N=C/c1cc(C(C)(C)C)cc(C(C)(C)C)c1O. The van der Waals surface area contributed by atoms with Crippen LogP contribution in [0.2, 0.25) is 0 Å². The average molecular weight is 330 g/mol. The molecule has 1 aliphatic carbocycles. The van der Waals surface area contributed by atoms with E-state index in [0.29, 0.717) is 17.7 Å². The highest BCUT2D eigenvalue weighted by Crippen LogP contribution is 2.37. The average Bonchev–Trinajstić information content (AvgIpc) is 2.45. The van der Waals surface area contributed by atoms with Gasteiger partial charge in [0.25, 0.3) is 0 Å². The second kappa shape index (κ2) is 6.90. The van der Waals surface area contributed by atoms with Crippen LogP contribution in [0, 0.1) is 5.92 Å². The summed E-state index contributed by atoms with van der Waals surface area (Å²) in [5.74, 6) is 1.03. The minimum Gasteiger partial charge on any atom is -0.507 e. The number of rotatable bonds is 2. The third-order valence-electron chi connectivity index (χ3n) is 5.28. The molecule has 1 N–H and O–H groups in total. The number of nitrogens with zero attached hydrogens (tertiary/aromatic N) is 1. The molecule has 0 radical (unpaired) electrons. The van der Waals surface area contributed by atoms with Gasteiger partial charge < -0.3 is 5.11 Å². The van der Waals surface area contributed by atoms with Gasteiger partial charge in [0.2, 0.25) is 0 Å². The summed E-state index contributed by atoms with van der Waals surface area (Å²) in [5.41, 5.74) is 3.09. The van der Waals surface area contributed by atoms with E-state index in [1.165, 1.54) is 31.2 Å². The largest absolute Gasteiger partial charge is 0.507 e. The maximum atomic E-state index is 10.8. The van der Waals surface area contributed by atoms with Crippen LogP contribution in [0.4, 0.5) is 0 Å². The summed E-state index contributed by atoms with van der Waals surface area (Å²) in [5, 5.41) is 10.8. The van der Waals surface area contributed by atoms with Crippen LogP contribution in [0.3, 0.4) is 0 Å². The van der Waals surface area contributed by atoms with Crippen LogP contribution in [0.25, 0.3) is 0 Å². The highest BCUT2D eigenvalue weighted by atomic mass is 16.3. The molecule has 0 amide bonds. The van der Waals surface area contributed by atoms with Crippen molar-refractivity contribution in [1.82, 2.24) is 0 Å². The van der Waals surface area contributed by atoms with Gasteiger partial charge in [-0.15, -0.1) is 0 Å². The minimum atomic E-state index is -0.0912. The van der Waals surface area contributed by atoms with E-state index >= 15 is 0 Å². The summed E-state index contributed by atoms with van der Waals surface area (Å²) in [6.07, 6.45) is 6.96. The van der Waals surface area contributed by atoms with Crippen LogP contribution < -0.4 is 0 Å². The lowest BCUT2D eigenvalue weighted by Gasteiger charge is -2.27. The number of aromatic hydroxyl groups is 1. The van der Waals surface area contributed by atoms with Crippen molar-refractivity contribution >= 4 is 6.21 Å². The minimum absolute atomic E-state index is 0.0500. The van der Waals surface area contributed by atoms with Crippen molar-refractivity contribution in [2.45, 2.75) is 91.0 Å². The molecule has 2 rings (SSSR count). The van der Waals surface area contributed by atoms with Crippen molar-refractivity contribution in [3.8, 4) is 5.75 Å². The van der Waals surface area contributed by atoms with Gasteiger partial charge in [-0.2, -0.15) is 0 Å². The molecular weight excluding hydrogens is 294 g/mol. The van der Waals surface area contributed by atoms with Crippen molar-refractivity contribution in [2.75, 3.05) is 0 Å². The number of hydrogen-bond donors (Lipinski definition) is 1. The van der Waals surface area contributed by atoms with Gasteiger partial charge in [-0.25, -0.2) is 0 Å². The monoisotopic (exact) mass is 329 g/mol. The molecule has 2 unspecified atom stereocenters. The third-order valence-corrected chi connectivity index (χ3v) is 5.28. The van der Waals surface area contributed by atoms with Crippen molar-refractivity contribution < 1.29 is 5.11 Å². The van der Waals surface area contributed by atoms with Crippen molar-refractivity contribution in [3.63, 3.8) is 0 Å². The Bertz CT molecular complexity index is 602. The van der Waals surface area contributed by atoms with Crippen LogP contribution >= 0.6 is 0 Å². The Balaban J connectivity index is 2.44. The number of hydrogen-bond acceptors (Lipinski definition) is 2. The van der Waals surface area contributed by atoms with Gasteiger partial charge in [-0.1, -0.05) is 67.4 Å². The number of benzene rings is 1. The Morgan fingerprint density at radius 2 is 1.62 bits per heavy atom. The molecule has 2 atom stereocenters. The lowest BCUT2D eigenvalue weighted by atomic mass is 9.79. The Labute approximate surface area is 148 Å². The molecule has 1 aliphatic rings. The second-order valence-corrected chi connectivity index (χ2v) is 9.57. The van der Waals surface area contributed by atoms with E-state index < -0.39 is 0 Å². The standard InChI is InChI=1S/C22H35NO/c1-15-10-8-9-11-19(15)23-14-16-12-17(21(2,3)4)13-18(20(16)24)22(5,6)7/h12-15,19,24H,8-11H2,1-7H3/b23-14+. The topological polar surface area (TPSA) is 32.6 Å². The summed E-state index contributed by atoms with van der Waals surface area (Å²) >= 11 is 0. The Kier molecular flexibility index (Phi) is 5.47. The zero-order chi connectivity index (χ0) is 18.1. The molecule has 0 aromatic heterocycles. The summed E-state index contributed by atoms with van der Waals surface area (Å²) < 4.78 is 0. The van der Waals surface area contributed by atoms with Gasteiger partial charge in [-0.05, 0) is 41.2 Å². The number of phenols is 1.